The molecule has 0 amide bonds. The van der Waals surface area contributed by atoms with E-state index in [-0.39, 0.29) is 26.6 Å². The van der Waals surface area contributed by atoms with Crippen molar-refractivity contribution in [3.8, 4) is 0 Å². The highest BCUT2D eigenvalue weighted by atomic mass is 35.5. The Kier molecular flexibility index (Phi) is 6.98. The standard InChI is InChI=1S/C7H3Cl3N4S.C7H6N4O3S/c1-15-7-13-3(8)2-6(14-7)12-5(10)4(9)11-2;1-15-7-10-3-2(4(12)11-7)8-5(13)6(14)9-3/h1H3;1H3,(H,8,13)(H2,9,10,11,12,14). The van der Waals surface area contributed by atoms with Crippen molar-refractivity contribution in [2.75, 3.05) is 12.5 Å². The quantitative estimate of drug-likeness (QED) is 0.158. The van der Waals surface area contributed by atoms with Crippen LogP contribution in [0.5, 0.6) is 0 Å². The Morgan fingerprint density at radius 3 is 2.03 bits per heavy atom. The molecule has 0 spiro atoms. The number of nitrogens with zero attached hydrogens (tertiary/aromatic N) is 5. The number of rotatable bonds is 2. The van der Waals surface area contributed by atoms with E-state index in [0.717, 1.165) is 0 Å². The summed E-state index contributed by atoms with van der Waals surface area (Å²) in [7, 11) is 0. The molecule has 0 aromatic carbocycles. The largest absolute Gasteiger partial charge is 0.315 e. The van der Waals surface area contributed by atoms with Crippen LogP contribution in [-0.4, -0.2) is 52.4 Å². The number of H-pyrrole nitrogens is 3. The van der Waals surface area contributed by atoms with Crippen LogP contribution >= 0.6 is 58.3 Å². The molecule has 4 heterocycles. The molecule has 16 heteroatoms. The first-order chi connectivity index (χ1) is 14.2. The Labute approximate surface area is 189 Å². The summed E-state index contributed by atoms with van der Waals surface area (Å²) < 4.78 is 0. The van der Waals surface area contributed by atoms with E-state index in [1.165, 1.54) is 23.5 Å². The van der Waals surface area contributed by atoms with E-state index in [4.69, 9.17) is 34.8 Å². The van der Waals surface area contributed by atoms with Gasteiger partial charge in [0.1, 0.15) is 5.52 Å². The van der Waals surface area contributed by atoms with Crippen molar-refractivity contribution in [3.63, 3.8) is 0 Å². The normalized spacial score (nSPS) is 10.8. The van der Waals surface area contributed by atoms with Crippen LogP contribution in [0.1, 0.15) is 0 Å². The van der Waals surface area contributed by atoms with Gasteiger partial charge in [0.2, 0.25) is 0 Å². The second kappa shape index (κ2) is 9.31. The number of aromatic nitrogens is 8. The topological polar surface area (TPSA) is 163 Å². The molecule has 0 unspecified atom stereocenters. The van der Waals surface area contributed by atoms with E-state index in [1.54, 1.807) is 6.26 Å². The Balaban J connectivity index is 0.000000171. The van der Waals surface area contributed by atoms with Gasteiger partial charge in [0.15, 0.2) is 42.6 Å². The van der Waals surface area contributed by atoms with Crippen LogP contribution in [0, 0.1) is 0 Å². The van der Waals surface area contributed by atoms with Crippen LogP contribution < -0.4 is 16.7 Å². The zero-order valence-corrected chi connectivity index (χ0v) is 18.8. The van der Waals surface area contributed by atoms with Crippen LogP contribution in [0.25, 0.3) is 22.3 Å². The fourth-order valence-corrected chi connectivity index (χ4v) is 3.28. The molecule has 4 aromatic rings. The maximum Gasteiger partial charge on any atom is 0.315 e. The number of hydrogen-bond donors (Lipinski definition) is 3. The maximum atomic E-state index is 11.4. The molecule has 4 aromatic heterocycles. The summed E-state index contributed by atoms with van der Waals surface area (Å²) in [5.41, 5.74) is -1.44. The van der Waals surface area contributed by atoms with E-state index in [0.29, 0.717) is 21.5 Å². The smallest absolute Gasteiger partial charge is 0.310 e. The molecule has 0 aliphatic carbocycles. The van der Waals surface area contributed by atoms with Crippen LogP contribution in [0.2, 0.25) is 15.5 Å². The molecule has 0 radical (unpaired) electrons. The van der Waals surface area contributed by atoms with Crippen LogP contribution in [0.3, 0.4) is 0 Å². The fourth-order valence-electron chi connectivity index (χ4n) is 2.04. The van der Waals surface area contributed by atoms with Gasteiger partial charge in [0.25, 0.3) is 5.56 Å². The molecule has 0 saturated carbocycles. The molecule has 0 aliphatic rings. The van der Waals surface area contributed by atoms with Gasteiger partial charge >= 0.3 is 11.1 Å². The number of aromatic amines is 3. The summed E-state index contributed by atoms with van der Waals surface area (Å²) in [5, 5.41) is 1.29. The van der Waals surface area contributed by atoms with Gasteiger partial charge in [-0.2, -0.15) is 0 Å². The third kappa shape index (κ3) is 4.75. The molecule has 4 rings (SSSR count). The minimum Gasteiger partial charge on any atom is -0.310 e. The van der Waals surface area contributed by atoms with Crippen LogP contribution in [0.15, 0.2) is 24.7 Å². The van der Waals surface area contributed by atoms with Crippen molar-refractivity contribution in [2.24, 2.45) is 0 Å². The average Bonchev–Trinajstić information content (AvgIpc) is 2.71. The fraction of sp³-hybridized carbons (Fsp3) is 0.143. The first kappa shape index (κ1) is 22.5. The summed E-state index contributed by atoms with van der Waals surface area (Å²) >= 11 is 19.9. The molecular weight excluding hydrogens is 499 g/mol. The van der Waals surface area contributed by atoms with E-state index in [1.807, 2.05) is 6.26 Å². The number of fused-ring (bicyclic) bond motifs is 2. The number of hydrogen-bond acceptors (Lipinski definition) is 10. The number of halogens is 3. The molecule has 0 fully saturated rings. The number of thioether (sulfide) groups is 2. The predicted molar refractivity (Wildman–Crippen MR) is 117 cm³/mol. The molecule has 3 N–H and O–H groups in total. The van der Waals surface area contributed by atoms with Crippen molar-refractivity contribution in [1.29, 1.82) is 0 Å². The molecule has 30 heavy (non-hydrogen) atoms. The molecule has 0 atom stereocenters. The van der Waals surface area contributed by atoms with Crippen molar-refractivity contribution < 1.29 is 0 Å². The van der Waals surface area contributed by atoms with Crippen LogP contribution in [-0.2, 0) is 0 Å². The van der Waals surface area contributed by atoms with Crippen molar-refractivity contribution in [2.45, 2.75) is 10.3 Å². The zero-order chi connectivity index (χ0) is 22.0. The Morgan fingerprint density at radius 1 is 0.700 bits per heavy atom. The summed E-state index contributed by atoms with van der Waals surface area (Å²) in [6, 6.07) is 0. The van der Waals surface area contributed by atoms with Crippen molar-refractivity contribution >= 4 is 80.7 Å². The predicted octanol–water partition coefficient (Wildman–Crippen LogP) is 2.12. The highest BCUT2D eigenvalue weighted by Gasteiger charge is 2.11. The minimum absolute atomic E-state index is 0.0302. The molecule has 0 aliphatic heterocycles. The SMILES string of the molecule is CSc1nc(Cl)c2nc(Cl)c(Cl)nc2n1.CSc1nc2[nH]c(=O)c(=O)[nH]c2c(=O)[nH]1. The lowest BCUT2D eigenvalue weighted by Crippen LogP contribution is -2.31. The van der Waals surface area contributed by atoms with Gasteiger partial charge in [-0.25, -0.2) is 24.9 Å². The molecule has 156 valence electrons. The van der Waals surface area contributed by atoms with Gasteiger partial charge in [0, 0.05) is 0 Å². The summed E-state index contributed by atoms with van der Waals surface area (Å²) in [6.07, 6.45) is 3.57. The monoisotopic (exact) mass is 506 g/mol. The van der Waals surface area contributed by atoms with Crippen LogP contribution in [0.4, 0.5) is 0 Å². The first-order valence-electron chi connectivity index (χ1n) is 7.64. The summed E-state index contributed by atoms with van der Waals surface area (Å²) in [6.45, 7) is 0. The molecular formula is C14H9Cl3N8O3S2. The van der Waals surface area contributed by atoms with Gasteiger partial charge in [-0.3, -0.25) is 19.4 Å². The van der Waals surface area contributed by atoms with Gasteiger partial charge in [0.05, 0.1) is 0 Å². The van der Waals surface area contributed by atoms with Gasteiger partial charge in [-0.1, -0.05) is 58.3 Å². The lowest BCUT2D eigenvalue weighted by molar-refractivity contribution is 0.941. The zero-order valence-electron chi connectivity index (χ0n) is 14.9. The van der Waals surface area contributed by atoms with Gasteiger partial charge in [-0.05, 0) is 12.5 Å². The molecule has 0 saturated heterocycles. The molecule has 0 bridgehead atoms. The second-order valence-corrected chi connectivity index (χ2v) is 7.83. The Hall–Kier alpha value is -2.19. The lowest BCUT2D eigenvalue weighted by atomic mass is 10.5. The van der Waals surface area contributed by atoms with Gasteiger partial charge < -0.3 is 9.97 Å². The summed E-state index contributed by atoms with van der Waals surface area (Å²) in [4.78, 5) is 60.2. The van der Waals surface area contributed by atoms with Gasteiger partial charge in [-0.15, -0.1) is 0 Å². The first-order valence-corrected chi connectivity index (χ1v) is 11.2. The summed E-state index contributed by atoms with van der Waals surface area (Å²) in [5.74, 6) is 0. The Bertz CT molecular complexity index is 1440. The van der Waals surface area contributed by atoms with E-state index >= 15 is 0 Å². The van der Waals surface area contributed by atoms with E-state index < -0.39 is 16.7 Å². The van der Waals surface area contributed by atoms with Crippen molar-refractivity contribution in [1.82, 2.24) is 39.9 Å². The highest BCUT2D eigenvalue weighted by molar-refractivity contribution is 7.98. The maximum absolute atomic E-state index is 11.4. The minimum atomic E-state index is -0.869. The second-order valence-electron chi connectivity index (χ2n) is 5.19. The third-order valence-corrected chi connectivity index (χ3v) is 5.35. The van der Waals surface area contributed by atoms with E-state index in [2.05, 4.69) is 39.9 Å². The molecule has 11 nitrogen and oxygen atoms in total. The third-order valence-electron chi connectivity index (χ3n) is 3.34. The average molecular weight is 508 g/mol. The van der Waals surface area contributed by atoms with E-state index in [9.17, 15) is 14.4 Å². The lowest BCUT2D eigenvalue weighted by Gasteiger charge is -2.01. The number of nitrogens with one attached hydrogen (secondary N) is 3. The highest BCUT2D eigenvalue weighted by Crippen LogP contribution is 2.25. The Morgan fingerprint density at radius 2 is 1.37 bits per heavy atom. The van der Waals surface area contributed by atoms with Crippen molar-refractivity contribution in [3.05, 3.63) is 46.5 Å².